The lowest BCUT2D eigenvalue weighted by atomic mass is 9.76. The van der Waals surface area contributed by atoms with Crippen LogP contribution >= 0.6 is 36.2 Å². The molecule has 2 fully saturated rings. The molecule has 2 aliphatic heterocycles. The van der Waals surface area contributed by atoms with Crippen LogP contribution in [0.4, 0.5) is 0 Å². The average molecular weight is 433 g/mol. The highest BCUT2D eigenvalue weighted by atomic mass is 35.5. The van der Waals surface area contributed by atoms with Crippen LogP contribution in [0.15, 0.2) is 23.6 Å². The Kier molecular flexibility index (Phi) is 7.71. The summed E-state index contributed by atoms with van der Waals surface area (Å²) in [6, 6.07) is 6.20. The number of hydrogen-bond acceptors (Lipinski definition) is 6. The van der Waals surface area contributed by atoms with Gasteiger partial charge in [-0.1, -0.05) is 6.07 Å². The first-order valence-corrected chi connectivity index (χ1v) is 9.71. The first-order chi connectivity index (χ1) is 12.1. The first-order valence-electron chi connectivity index (χ1n) is 8.83. The largest absolute Gasteiger partial charge is 0.461 e. The van der Waals surface area contributed by atoms with Gasteiger partial charge in [-0.05, 0) is 50.5 Å². The number of aromatic nitrogens is 2. The van der Waals surface area contributed by atoms with Gasteiger partial charge in [0.25, 0.3) is 0 Å². The van der Waals surface area contributed by atoms with Crippen LogP contribution in [0.5, 0.6) is 0 Å². The van der Waals surface area contributed by atoms with E-state index in [-0.39, 0.29) is 42.3 Å². The maximum Gasteiger partial charge on any atom is 0.312 e. The van der Waals surface area contributed by atoms with E-state index in [9.17, 15) is 4.79 Å². The van der Waals surface area contributed by atoms with Crippen molar-refractivity contribution in [2.24, 2.45) is 5.41 Å². The Hall–Kier alpha value is -1.12. The third-order valence-electron chi connectivity index (χ3n) is 5.25. The molecule has 0 amide bonds. The maximum absolute atomic E-state index is 12.4. The van der Waals surface area contributed by atoms with Crippen LogP contribution in [0.2, 0.25) is 0 Å². The summed E-state index contributed by atoms with van der Waals surface area (Å²) in [6.45, 7) is 3.35. The molecule has 1 atom stereocenters. The summed E-state index contributed by atoms with van der Waals surface area (Å²) in [4.78, 5) is 15.7. The van der Waals surface area contributed by atoms with Crippen molar-refractivity contribution in [2.45, 2.75) is 31.9 Å². The molecule has 9 heteroatoms. The van der Waals surface area contributed by atoms with Crippen molar-refractivity contribution in [3.05, 3.63) is 29.3 Å². The van der Waals surface area contributed by atoms with Gasteiger partial charge in [0.15, 0.2) is 0 Å². The van der Waals surface area contributed by atoms with Gasteiger partial charge in [0.2, 0.25) is 0 Å². The van der Waals surface area contributed by atoms with Gasteiger partial charge in [-0.25, -0.2) is 0 Å². The third kappa shape index (κ3) is 4.84. The Balaban J connectivity index is 0.00000131. The van der Waals surface area contributed by atoms with Crippen LogP contribution in [0.25, 0.3) is 10.6 Å². The molecule has 6 nitrogen and oxygen atoms in total. The molecule has 1 unspecified atom stereocenters. The van der Waals surface area contributed by atoms with E-state index in [2.05, 4.69) is 45.0 Å². The third-order valence-corrected chi connectivity index (χ3v) is 6.14. The molecule has 27 heavy (non-hydrogen) atoms. The number of nitrogens with one attached hydrogen (secondary N) is 2. The van der Waals surface area contributed by atoms with Gasteiger partial charge in [0.1, 0.15) is 11.8 Å². The predicted molar refractivity (Wildman–Crippen MR) is 112 cm³/mol. The standard InChI is InChI=1S/C18H24N4O2S.2ClH/c1-22(11-13-9-15(21-20-13)16-3-2-8-25-16)12-14-10-18(17(23)24-14)4-6-19-7-5-18;;/h2-3,8-9,14,19H,4-7,10-12H2,1H3,(H,20,21);2*1H. The molecule has 4 rings (SSSR count). The molecule has 0 aromatic carbocycles. The number of carbonyl (C=O) groups excluding carboxylic acids is 1. The van der Waals surface area contributed by atoms with E-state index in [1.807, 2.05) is 6.07 Å². The second kappa shape index (κ2) is 9.39. The number of carbonyl (C=O) groups is 1. The lowest BCUT2D eigenvalue weighted by molar-refractivity contribution is -0.150. The molecule has 2 saturated heterocycles. The number of hydrogen-bond donors (Lipinski definition) is 2. The number of aromatic amines is 1. The fourth-order valence-electron chi connectivity index (χ4n) is 3.95. The van der Waals surface area contributed by atoms with E-state index >= 15 is 0 Å². The van der Waals surface area contributed by atoms with Gasteiger partial charge in [-0.15, -0.1) is 36.2 Å². The van der Waals surface area contributed by atoms with E-state index in [4.69, 9.17) is 4.74 Å². The molecule has 2 aromatic rings. The summed E-state index contributed by atoms with van der Waals surface area (Å²) in [6.07, 6.45) is 2.64. The lowest BCUT2D eigenvalue weighted by Gasteiger charge is -2.29. The van der Waals surface area contributed by atoms with E-state index < -0.39 is 0 Å². The van der Waals surface area contributed by atoms with Gasteiger partial charge in [0.05, 0.1) is 10.3 Å². The number of nitrogens with zero attached hydrogens (tertiary/aromatic N) is 2. The van der Waals surface area contributed by atoms with E-state index in [1.165, 1.54) is 4.88 Å². The smallest absolute Gasteiger partial charge is 0.312 e. The number of halogens is 2. The van der Waals surface area contributed by atoms with Crippen molar-refractivity contribution in [3.8, 4) is 10.6 Å². The zero-order chi connectivity index (χ0) is 17.3. The molecule has 1 spiro atoms. The van der Waals surface area contributed by atoms with E-state index in [0.29, 0.717) is 0 Å². The zero-order valence-electron chi connectivity index (χ0n) is 15.3. The van der Waals surface area contributed by atoms with Gasteiger partial charge >= 0.3 is 5.97 Å². The summed E-state index contributed by atoms with van der Waals surface area (Å²) in [5.74, 6) is 0.00826. The number of piperidine rings is 1. The molecule has 0 saturated carbocycles. The van der Waals surface area contributed by atoms with Crippen molar-refractivity contribution in [2.75, 3.05) is 26.7 Å². The van der Waals surface area contributed by atoms with Gasteiger partial charge in [-0.2, -0.15) is 5.10 Å². The van der Waals surface area contributed by atoms with Gasteiger partial charge in [-0.3, -0.25) is 14.8 Å². The van der Waals surface area contributed by atoms with Gasteiger partial charge in [0, 0.05) is 25.2 Å². The SMILES string of the molecule is CN(Cc1cc(-c2cccs2)n[nH]1)CC1CC2(CCNCC2)C(=O)O1.Cl.Cl. The molecule has 4 heterocycles. The van der Waals surface area contributed by atoms with Crippen molar-refractivity contribution in [3.63, 3.8) is 0 Å². The molecule has 2 aromatic heterocycles. The molecule has 0 radical (unpaired) electrons. The van der Waals surface area contributed by atoms with Crippen LogP contribution in [0.3, 0.4) is 0 Å². The number of thiophene rings is 1. The van der Waals surface area contributed by atoms with Gasteiger partial charge < -0.3 is 10.1 Å². The number of esters is 1. The highest BCUT2D eigenvalue weighted by molar-refractivity contribution is 7.13. The van der Waals surface area contributed by atoms with Crippen LogP contribution in [-0.2, 0) is 16.1 Å². The fraction of sp³-hybridized carbons (Fsp3) is 0.556. The summed E-state index contributed by atoms with van der Waals surface area (Å²) < 4.78 is 5.69. The topological polar surface area (TPSA) is 70.2 Å². The first kappa shape index (κ1) is 22.2. The Morgan fingerprint density at radius 2 is 2.15 bits per heavy atom. The Morgan fingerprint density at radius 1 is 1.37 bits per heavy atom. The predicted octanol–water partition coefficient (Wildman–Crippen LogP) is 3.10. The van der Waals surface area contributed by atoms with Crippen LogP contribution < -0.4 is 5.32 Å². The summed E-state index contributed by atoms with van der Waals surface area (Å²) >= 11 is 1.69. The van der Waals surface area contributed by atoms with Crippen LogP contribution in [-0.4, -0.2) is 53.9 Å². The minimum Gasteiger partial charge on any atom is -0.461 e. The summed E-state index contributed by atoms with van der Waals surface area (Å²) in [5, 5.41) is 12.9. The summed E-state index contributed by atoms with van der Waals surface area (Å²) in [7, 11) is 2.06. The number of cyclic esters (lactones) is 1. The second-order valence-corrected chi connectivity index (χ2v) is 8.16. The number of H-pyrrole nitrogens is 1. The Morgan fingerprint density at radius 3 is 2.85 bits per heavy atom. The highest BCUT2D eigenvalue weighted by Gasteiger charge is 2.49. The van der Waals surface area contributed by atoms with Crippen molar-refractivity contribution >= 4 is 42.1 Å². The number of rotatable bonds is 5. The zero-order valence-corrected chi connectivity index (χ0v) is 17.7. The van der Waals surface area contributed by atoms with Crippen molar-refractivity contribution < 1.29 is 9.53 Å². The average Bonchev–Trinajstić information content (AvgIpc) is 3.30. The maximum atomic E-state index is 12.4. The highest BCUT2D eigenvalue weighted by Crippen LogP contribution is 2.41. The minimum absolute atomic E-state index is 0. The molecule has 2 aliphatic rings. The molecular weight excluding hydrogens is 407 g/mol. The second-order valence-electron chi connectivity index (χ2n) is 7.21. The number of ether oxygens (including phenoxy) is 1. The van der Waals surface area contributed by atoms with E-state index in [1.54, 1.807) is 11.3 Å². The Labute approximate surface area is 175 Å². The van der Waals surface area contributed by atoms with Crippen molar-refractivity contribution in [1.29, 1.82) is 0 Å². The molecule has 0 aliphatic carbocycles. The normalized spacial score (nSPS) is 21.0. The quantitative estimate of drug-likeness (QED) is 0.710. The van der Waals surface area contributed by atoms with Crippen LogP contribution in [0.1, 0.15) is 25.0 Å². The molecule has 150 valence electrons. The number of likely N-dealkylation sites (N-methyl/N-ethyl adjacent to an activating group) is 1. The minimum atomic E-state index is -0.239. The fourth-order valence-corrected chi connectivity index (χ4v) is 4.63. The molecule has 0 bridgehead atoms. The lowest BCUT2D eigenvalue weighted by Crippen LogP contribution is -2.39. The van der Waals surface area contributed by atoms with E-state index in [0.717, 1.165) is 56.8 Å². The van der Waals surface area contributed by atoms with Crippen LogP contribution in [0, 0.1) is 5.41 Å². The molecule has 2 N–H and O–H groups in total. The van der Waals surface area contributed by atoms with Crippen molar-refractivity contribution in [1.82, 2.24) is 20.4 Å². The monoisotopic (exact) mass is 432 g/mol. The Bertz CT molecular complexity index is 732. The summed E-state index contributed by atoms with van der Waals surface area (Å²) in [5.41, 5.74) is 1.82. The molecular formula is C18H26Cl2N4O2S.